The number of anilines is 1. The molecule has 0 aliphatic heterocycles. The zero-order valence-corrected chi connectivity index (χ0v) is 10.5. The lowest BCUT2D eigenvalue weighted by Gasteiger charge is -2.09. The van der Waals surface area contributed by atoms with E-state index in [4.69, 9.17) is 0 Å². The zero-order chi connectivity index (χ0) is 13.2. The van der Waals surface area contributed by atoms with Gasteiger partial charge in [0.25, 0.3) is 0 Å². The van der Waals surface area contributed by atoms with Gasteiger partial charge in [-0.1, -0.05) is 30.3 Å². The lowest BCUT2D eigenvalue weighted by Crippen LogP contribution is -1.94. The van der Waals surface area contributed by atoms with Gasteiger partial charge in [0, 0.05) is 29.8 Å². The fourth-order valence-corrected chi connectivity index (χ4v) is 2.17. The maximum absolute atomic E-state index is 13.3. The van der Waals surface area contributed by atoms with Crippen LogP contribution in [0.4, 0.5) is 10.1 Å². The van der Waals surface area contributed by atoms with Crippen molar-refractivity contribution in [3.8, 4) is 11.3 Å². The Bertz CT molecular complexity index is 723. The first-order valence-corrected chi connectivity index (χ1v) is 6.11. The molecule has 3 rings (SSSR count). The van der Waals surface area contributed by atoms with Crippen LogP contribution in [0.5, 0.6) is 0 Å². The first-order valence-electron chi connectivity index (χ1n) is 6.11. The average Bonchev–Trinajstić information content (AvgIpc) is 2.46. The van der Waals surface area contributed by atoms with Crippen LogP contribution in [0.3, 0.4) is 0 Å². The van der Waals surface area contributed by atoms with E-state index < -0.39 is 0 Å². The topological polar surface area (TPSA) is 24.9 Å². The SMILES string of the molecule is CNc1cc(-c2ccccc2)nc2cc(F)ccc12. The number of hydrogen-bond acceptors (Lipinski definition) is 2. The number of pyridine rings is 1. The fourth-order valence-electron chi connectivity index (χ4n) is 2.17. The van der Waals surface area contributed by atoms with E-state index in [1.54, 1.807) is 6.07 Å². The third kappa shape index (κ3) is 2.15. The maximum atomic E-state index is 13.3. The van der Waals surface area contributed by atoms with Crippen LogP contribution >= 0.6 is 0 Å². The standard InChI is InChI=1S/C16H13FN2/c1-18-15-10-14(11-5-3-2-4-6-11)19-16-9-12(17)7-8-13(15)16/h2-10H,1H3,(H,18,19). The lowest BCUT2D eigenvalue weighted by atomic mass is 10.1. The van der Waals surface area contributed by atoms with Gasteiger partial charge in [-0.2, -0.15) is 0 Å². The number of hydrogen-bond donors (Lipinski definition) is 1. The summed E-state index contributed by atoms with van der Waals surface area (Å²) in [6, 6.07) is 16.5. The minimum Gasteiger partial charge on any atom is -0.388 e. The number of fused-ring (bicyclic) bond motifs is 1. The van der Waals surface area contributed by atoms with Gasteiger partial charge in [-0.15, -0.1) is 0 Å². The zero-order valence-electron chi connectivity index (χ0n) is 10.5. The summed E-state index contributed by atoms with van der Waals surface area (Å²) in [7, 11) is 1.85. The highest BCUT2D eigenvalue weighted by Crippen LogP contribution is 2.28. The molecule has 0 radical (unpaired) electrons. The van der Waals surface area contributed by atoms with Gasteiger partial charge in [-0.05, 0) is 18.2 Å². The molecule has 2 nitrogen and oxygen atoms in total. The molecule has 0 unspecified atom stereocenters. The largest absolute Gasteiger partial charge is 0.388 e. The summed E-state index contributed by atoms with van der Waals surface area (Å²) in [5.41, 5.74) is 3.46. The molecule has 94 valence electrons. The minimum atomic E-state index is -0.271. The van der Waals surface area contributed by atoms with Crippen molar-refractivity contribution in [2.45, 2.75) is 0 Å². The van der Waals surface area contributed by atoms with Crippen molar-refractivity contribution in [3.05, 3.63) is 60.4 Å². The number of halogens is 1. The van der Waals surface area contributed by atoms with Crippen molar-refractivity contribution in [1.29, 1.82) is 0 Å². The minimum absolute atomic E-state index is 0.271. The molecule has 1 N–H and O–H groups in total. The fraction of sp³-hybridized carbons (Fsp3) is 0.0625. The number of benzene rings is 2. The highest BCUT2D eigenvalue weighted by molar-refractivity contribution is 5.93. The van der Waals surface area contributed by atoms with Crippen molar-refractivity contribution >= 4 is 16.6 Å². The molecular weight excluding hydrogens is 239 g/mol. The number of rotatable bonds is 2. The van der Waals surface area contributed by atoms with Crippen LogP contribution in [0, 0.1) is 5.82 Å². The third-order valence-electron chi connectivity index (χ3n) is 3.11. The molecule has 0 amide bonds. The van der Waals surface area contributed by atoms with E-state index in [0.717, 1.165) is 22.3 Å². The Balaban J connectivity index is 2.27. The Morgan fingerprint density at radius 3 is 2.53 bits per heavy atom. The second-order valence-electron chi connectivity index (χ2n) is 4.33. The Morgan fingerprint density at radius 1 is 1.00 bits per heavy atom. The molecule has 0 aliphatic carbocycles. The van der Waals surface area contributed by atoms with Gasteiger partial charge in [-0.25, -0.2) is 9.37 Å². The van der Waals surface area contributed by atoms with Gasteiger partial charge in [0.2, 0.25) is 0 Å². The van der Waals surface area contributed by atoms with Gasteiger partial charge in [0.05, 0.1) is 11.2 Å². The van der Waals surface area contributed by atoms with E-state index in [-0.39, 0.29) is 5.82 Å². The van der Waals surface area contributed by atoms with Crippen molar-refractivity contribution in [1.82, 2.24) is 4.98 Å². The molecular formula is C16H13FN2. The Morgan fingerprint density at radius 2 is 1.79 bits per heavy atom. The molecule has 3 heteroatoms. The normalized spacial score (nSPS) is 10.6. The highest BCUT2D eigenvalue weighted by atomic mass is 19.1. The van der Waals surface area contributed by atoms with Crippen molar-refractivity contribution in [2.75, 3.05) is 12.4 Å². The molecule has 2 aromatic carbocycles. The molecule has 0 bridgehead atoms. The molecule has 0 atom stereocenters. The van der Waals surface area contributed by atoms with Crippen LogP contribution in [0.25, 0.3) is 22.2 Å². The van der Waals surface area contributed by atoms with Gasteiger partial charge in [0.1, 0.15) is 5.82 Å². The van der Waals surface area contributed by atoms with Crippen molar-refractivity contribution in [2.24, 2.45) is 0 Å². The van der Waals surface area contributed by atoms with Gasteiger partial charge >= 0.3 is 0 Å². The predicted octanol–water partition coefficient (Wildman–Crippen LogP) is 4.08. The maximum Gasteiger partial charge on any atom is 0.125 e. The first kappa shape index (κ1) is 11.7. The molecule has 0 saturated heterocycles. The molecule has 0 aliphatic rings. The van der Waals surface area contributed by atoms with E-state index in [1.807, 2.05) is 43.4 Å². The molecule has 1 aromatic heterocycles. The van der Waals surface area contributed by atoms with E-state index >= 15 is 0 Å². The molecule has 19 heavy (non-hydrogen) atoms. The Labute approximate surface area is 110 Å². The summed E-state index contributed by atoms with van der Waals surface area (Å²) in [6.45, 7) is 0. The molecule has 0 fully saturated rings. The van der Waals surface area contributed by atoms with Crippen LogP contribution < -0.4 is 5.32 Å². The summed E-state index contributed by atoms with van der Waals surface area (Å²) < 4.78 is 13.3. The van der Waals surface area contributed by atoms with Crippen molar-refractivity contribution < 1.29 is 4.39 Å². The second kappa shape index (κ2) is 4.69. The Hall–Kier alpha value is -2.42. The van der Waals surface area contributed by atoms with Crippen LogP contribution in [0.1, 0.15) is 0 Å². The Kier molecular flexibility index (Phi) is 2.88. The summed E-state index contributed by atoms with van der Waals surface area (Å²) in [4.78, 5) is 4.53. The second-order valence-corrected chi connectivity index (χ2v) is 4.33. The van der Waals surface area contributed by atoms with Crippen LogP contribution in [-0.4, -0.2) is 12.0 Å². The van der Waals surface area contributed by atoms with Crippen LogP contribution in [-0.2, 0) is 0 Å². The van der Waals surface area contributed by atoms with E-state index in [9.17, 15) is 4.39 Å². The number of nitrogens with zero attached hydrogens (tertiary/aromatic N) is 1. The van der Waals surface area contributed by atoms with Gasteiger partial charge < -0.3 is 5.32 Å². The lowest BCUT2D eigenvalue weighted by molar-refractivity contribution is 0.629. The van der Waals surface area contributed by atoms with E-state index in [2.05, 4.69) is 10.3 Å². The average molecular weight is 252 g/mol. The molecule has 0 spiro atoms. The highest BCUT2D eigenvalue weighted by Gasteiger charge is 2.07. The summed E-state index contributed by atoms with van der Waals surface area (Å²) in [5, 5.41) is 4.06. The van der Waals surface area contributed by atoms with Crippen LogP contribution in [0.15, 0.2) is 54.6 Å². The van der Waals surface area contributed by atoms with Gasteiger partial charge in [0.15, 0.2) is 0 Å². The first-order chi connectivity index (χ1) is 9.28. The number of nitrogens with one attached hydrogen (secondary N) is 1. The monoisotopic (exact) mass is 252 g/mol. The predicted molar refractivity (Wildman–Crippen MR) is 76.7 cm³/mol. The summed E-state index contributed by atoms with van der Waals surface area (Å²) in [6.07, 6.45) is 0. The van der Waals surface area contributed by atoms with E-state index in [1.165, 1.54) is 12.1 Å². The smallest absolute Gasteiger partial charge is 0.125 e. The molecule has 3 aromatic rings. The molecule has 0 saturated carbocycles. The van der Waals surface area contributed by atoms with Gasteiger partial charge in [-0.3, -0.25) is 0 Å². The quantitative estimate of drug-likeness (QED) is 0.743. The van der Waals surface area contributed by atoms with Crippen LogP contribution in [0.2, 0.25) is 0 Å². The third-order valence-corrected chi connectivity index (χ3v) is 3.11. The molecule has 1 heterocycles. The van der Waals surface area contributed by atoms with Crippen molar-refractivity contribution in [3.63, 3.8) is 0 Å². The van der Waals surface area contributed by atoms with E-state index in [0.29, 0.717) is 5.52 Å². The summed E-state index contributed by atoms with van der Waals surface area (Å²) >= 11 is 0. The number of aromatic nitrogens is 1. The summed E-state index contributed by atoms with van der Waals surface area (Å²) in [5.74, 6) is -0.271.